The molecule has 3 rings (SSSR count). The second-order valence-electron chi connectivity index (χ2n) is 5.48. The molecule has 1 aliphatic rings. The standard InChI is InChI=1S/C18H18N2O4/c19-17(21)14(10-12-4-2-1-3-5-12)20-18(22)13-6-7-15-16(11-13)24-9-8-23-15/h1-7,11,14H,8-10H2,(H2,19,21)(H,20,22)/t14-/m0/s1. The number of ether oxygens (including phenoxy) is 2. The van der Waals surface area contributed by atoms with Crippen LogP contribution in [0, 0.1) is 0 Å². The van der Waals surface area contributed by atoms with Gasteiger partial charge in [-0.2, -0.15) is 0 Å². The summed E-state index contributed by atoms with van der Waals surface area (Å²) in [6.07, 6.45) is 0.340. The Kier molecular flexibility index (Phi) is 4.65. The van der Waals surface area contributed by atoms with Crippen LogP contribution in [0.25, 0.3) is 0 Å². The van der Waals surface area contributed by atoms with Crippen molar-refractivity contribution in [2.45, 2.75) is 12.5 Å². The summed E-state index contributed by atoms with van der Waals surface area (Å²) in [5, 5.41) is 2.68. The molecule has 0 saturated heterocycles. The Balaban J connectivity index is 1.72. The van der Waals surface area contributed by atoms with E-state index in [0.717, 1.165) is 5.56 Å². The molecule has 1 atom stereocenters. The van der Waals surface area contributed by atoms with Crippen molar-refractivity contribution in [1.29, 1.82) is 0 Å². The van der Waals surface area contributed by atoms with Gasteiger partial charge in [0, 0.05) is 12.0 Å². The highest BCUT2D eigenvalue weighted by atomic mass is 16.6. The molecule has 0 radical (unpaired) electrons. The molecular weight excluding hydrogens is 308 g/mol. The van der Waals surface area contributed by atoms with Gasteiger partial charge in [0.15, 0.2) is 11.5 Å². The third kappa shape index (κ3) is 3.65. The van der Waals surface area contributed by atoms with Crippen LogP contribution in [0.3, 0.4) is 0 Å². The van der Waals surface area contributed by atoms with E-state index in [4.69, 9.17) is 15.2 Å². The highest BCUT2D eigenvalue weighted by Crippen LogP contribution is 2.30. The summed E-state index contributed by atoms with van der Waals surface area (Å²) in [5.74, 6) is 0.164. The fourth-order valence-corrected chi connectivity index (χ4v) is 2.50. The number of carbonyl (C=O) groups is 2. The smallest absolute Gasteiger partial charge is 0.252 e. The van der Waals surface area contributed by atoms with Crippen LogP contribution >= 0.6 is 0 Å². The number of fused-ring (bicyclic) bond motifs is 1. The number of rotatable bonds is 5. The fourth-order valence-electron chi connectivity index (χ4n) is 2.50. The van der Waals surface area contributed by atoms with Gasteiger partial charge in [0.1, 0.15) is 19.3 Å². The maximum absolute atomic E-state index is 12.4. The molecule has 124 valence electrons. The Morgan fingerprint density at radius 2 is 1.75 bits per heavy atom. The number of nitrogens with two attached hydrogens (primary N) is 1. The quantitative estimate of drug-likeness (QED) is 0.866. The SMILES string of the molecule is NC(=O)[C@H](Cc1ccccc1)NC(=O)c1ccc2c(c1)OCCO2. The first kappa shape index (κ1) is 15.9. The van der Waals surface area contributed by atoms with Crippen LogP contribution in [-0.2, 0) is 11.2 Å². The maximum Gasteiger partial charge on any atom is 0.252 e. The van der Waals surface area contributed by atoms with Gasteiger partial charge < -0.3 is 20.5 Å². The molecular formula is C18H18N2O4. The molecule has 3 N–H and O–H groups in total. The molecule has 2 aromatic carbocycles. The summed E-state index contributed by atoms with van der Waals surface area (Å²) in [5.41, 5.74) is 6.73. The van der Waals surface area contributed by atoms with Crippen molar-refractivity contribution in [3.63, 3.8) is 0 Å². The minimum Gasteiger partial charge on any atom is -0.486 e. The molecule has 0 aromatic heterocycles. The van der Waals surface area contributed by atoms with Crippen molar-refractivity contribution in [2.24, 2.45) is 5.73 Å². The summed E-state index contributed by atoms with van der Waals surface area (Å²) in [7, 11) is 0. The molecule has 6 nitrogen and oxygen atoms in total. The first-order valence-corrected chi connectivity index (χ1v) is 7.67. The monoisotopic (exact) mass is 326 g/mol. The summed E-state index contributed by atoms with van der Waals surface area (Å²) in [6.45, 7) is 0.926. The topological polar surface area (TPSA) is 90.7 Å². The van der Waals surface area contributed by atoms with Crippen molar-refractivity contribution in [3.8, 4) is 11.5 Å². The van der Waals surface area contributed by atoms with Crippen LogP contribution in [0.4, 0.5) is 0 Å². The number of carbonyl (C=O) groups excluding carboxylic acids is 2. The Morgan fingerprint density at radius 1 is 1.04 bits per heavy atom. The number of primary amides is 1. The molecule has 0 bridgehead atoms. The van der Waals surface area contributed by atoms with Crippen LogP contribution in [-0.4, -0.2) is 31.1 Å². The van der Waals surface area contributed by atoms with Gasteiger partial charge in [-0.05, 0) is 23.8 Å². The number of hydrogen-bond donors (Lipinski definition) is 2. The van der Waals surface area contributed by atoms with E-state index in [-0.39, 0.29) is 5.91 Å². The van der Waals surface area contributed by atoms with Gasteiger partial charge in [0.25, 0.3) is 5.91 Å². The zero-order chi connectivity index (χ0) is 16.9. The van der Waals surface area contributed by atoms with Crippen molar-refractivity contribution < 1.29 is 19.1 Å². The Morgan fingerprint density at radius 3 is 2.46 bits per heavy atom. The first-order chi connectivity index (χ1) is 11.6. The van der Waals surface area contributed by atoms with E-state index in [1.807, 2.05) is 30.3 Å². The van der Waals surface area contributed by atoms with E-state index in [1.54, 1.807) is 18.2 Å². The minimum atomic E-state index is -0.784. The van der Waals surface area contributed by atoms with E-state index in [2.05, 4.69) is 5.32 Å². The van der Waals surface area contributed by atoms with Gasteiger partial charge in [-0.3, -0.25) is 9.59 Å². The molecule has 2 aromatic rings. The van der Waals surface area contributed by atoms with Gasteiger partial charge in [-0.25, -0.2) is 0 Å². The lowest BCUT2D eigenvalue weighted by molar-refractivity contribution is -0.119. The third-order valence-corrected chi connectivity index (χ3v) is 3.74. The minimum absolute atomic E-state index is 0.340. The van der Waals surface area contributed by atoms with Gasteiger partial charge in [0.2, 0.25) is 5.91 Å². The zero-order valence-electron chi connectivity index (χ0n) is 13.0. The lowest BCUT2D eigenvalue weighted by Crippen LogP contribution is -2.45. The van der Waals surface area contributed by atoms with Crippen molar-refractivity contribution in [2.75, 3.05) is 13.2 Å². The summed E-state index contributed by atoms with van der Waals surface area (Å²) in [6, 6.07) is 13.5. The normalized spacial score (nSPS) is 13.8. The lowest BCUT2D eigenvalue weighted by Gasteiger charge is -2.19. The summed E-state index contributed by atoms with van der Waals surface area (Å²) in [4.78, 5) is 24.1. The number of amides is 2. The van der Waals surface area contributed by atoms with Crippen molar-refractivity contribution in [3.05, 3.63) is 59.7 Å². The molecule has 1 heterocycles. The molecule has 0 fully saturated rings. The molecule has 0 spiro atoms. The summed E-state index contributed by atoms with van der Waals surface area (Å²) >= 11 is 0. The van der Waals surface area contributed by atoms with E-state index in [1.165, 1.54) is 0 Å². The number of benzene rings is 2. The highest BCUT2D eigenvalue weighted by Gasteiger charge is 2.21. The van der Waals surface area contributed by atoms with Gasteiger partial charge in [-0.1, -0.05) is 30.3 Å². The van der Waals surface area contributed by atoms with Gasteiger partial charge >= 0.3 is 0 Å². The predicted octanol–water partition coefficient (Wildman–Crippen LogP) is 1.28. The zero-order valence-corrected chi connectivity index (χ0v) is 13.0. The van der Waals surface area contributed by atoms with Crippen LogP contribution < -0.4 is 20.5 Å². The van der Waals surface area contributed by atoms with Gasteiger partial charge in [0.05, 0.1) is 0 Å². The van der Waals surface area contributed by atoms with Gasteiger partial charge in [-0.15, -0.1) is 0 Å². The van der Waals surface area contributed by atoms with E-state index in [9.17, 15) is 9.59 Å². The largest absolute Gasteiger partial charge is 0.486 e. The average Bonchev–Trinajstić information content (AvgIpc) is 2.61. The molecule has 0 aliphatic carbocycles. The highest BCUT2D eigenvalue weighted by molar-refractivity contribution is 5.97. The molecule has 0 saturated carbocycles. The van der Waals surface area contributed by atoms with Crippen LogP contribution in [0.5, 0.6) is 11.5 Å². The van der Waals surface area contributed by atoms with Crippen molar-refractivity contribution >= 4 is 11.8 Å². The van der Waals surface area contributed by atoms with E-state index >= 15 is 0 Å². The van der Waals surface area contributed by atoms with Crippen LogP contribution in [0.15, 0.2) is 48.5 Å². The first-order valence-electron chi connectivity index (χ1n) is 7.67. The molecule has 1 aliphatic heterocycles. The van der Waals surface area contributed by atoms with E-state index in [0.29, 0.717) is 36.7 Å². The second kappa shape index (κ2) is 7.04. The molecule has 24 heavy (non-hydrogen) atoms. The molecule has 0 unspecified atom stereocenters. The third-order valence-electron chi connectivity index (χ3n) is 3.74. The average molecular weight is 326 g/mol. The second-order valence-corrected chi connectivity index (χ2v) is 5.48. The number of nitrogens with one attached hydrogen (secondary N) is 1. The maximum atomic E-state index is 12.4. The predicted molar refractivity (Wildman–Crippen MR) is 88.0 cm³/mol. The Labute approximate surface area is 139 Å². The van der Waals surface area contributed by atoms with E-state index < -0.39 is 11.9 Å². The lowest BCUT2D eigenvalue weighted by atomic mass is 10.0. The molecule has 2 amide bonds. The van der Waals surface area contributed by atoms with Crippen LogP contribution in [0.1, 0.15) is 15.9 Å². The van der Waals surface area contributed by atoms with Crippen LogP contribution in [0.2, 0.25) is 0 Å². The fraction of sp³-hybridized carbons (Fsp3) is 0.222. The Bertz CT molecular complexity index is 746. The van der Waals surface area contributed by atoms with Crippen molar-refractivity contribution in [1.82, 2.24) is 5.32 Å². The number of hydrogen-bond acceptors (Lipinski definition) is 4. The molecule has 6 heteroatoms. The Hall–Kier alpha value is -3.02. The summed E-state index contributed by atoms with van der Waals surface area (Å²) < 4.78 is 10.9.